The zero-order valence-electron chi connectivity index (χ0n) is 20.5. The Morgan fingerprint density at radius 1 is 0.921 bits per heavy atom. The van der Waals surface area contributed by atoms with Crippen LogP contribution in [0.2, 0.25) is 5.02 Å². The van der Waals surface area contributed by atoms with Crippen LogP contribution in [0.4, 0.5) is 0 Å². The minimum atomic E-state index is -1.26. The van der Waals surface area contributed by atoms with Gasteiger partial charge in [-0.15, -0.1) is 0 Å². The van der Waals surface area contributed by atoms with Gasteiger partial charge in [0.25, 0.3) is 5.91 Å². The van der Waals surface area contributed by atoms with E-state index in [9.17, 15) is 14.7 Å². The number of hydrogen-bond donors (Lipinski definition) is 2. The molecule has 38 heavy (non-hydrogen) atoms. The summed E-state index contributed by atoms with van der Waals surface area (Å²) in [5.41, 5.74) is 4.47. The summed E-state index contributed by atoms with van der Waals surface area (Å²) in [6.07, 6.45) is 0. The number of fused-ring (bicyclic) bond motifs is 1. The molecule has 0 aliphatic rings. The molecule has 0 radical (unpaired) electrons. The summed E-state index contributed by atoms with van der Waals surface area (Å²) < 4.78 is 11.7. The number of amides is 1. The number of furan rings is 1. The molecule has 1 heterocycles. The SMILES string of the molecule is Cc1c(C(=O)N[C@H](C(=O)O)c2ccc(OCc3ccccc3)cc2)oc2cc(-c3ccc(Cl)cc3)ccc12. The molecular formula is C31H24ClNO5. The lowest BCUT2D eigenvalue weighted by Gasteiger charge is -2.15. The Labute approximate surface area is 224 Å². The molecule has 0 saturated heterocycles. The average molecular weight is 526 g/mol. The van der Waals surface area contributed by atoms with Crippen molar-refractivity contribution >= 4 is 34.4 Å². The molecule has 2 N–H and O–H groups in total. The topological polar surface area (TPSA) is 88.8 Å². The fraction of sp³-hybridized carbons (Fsp3) is 0.0968. The number of carbonyl (C=O) groups excluding carboxylic acids is 1. The van der Waals surface area contributed by atoms with Crippen molar-refractivity contribution in [2.24, 2.45) is 0 Å². The van der Waals surface area contributed by atoms with E-state index in [1.54, 1.807) is 43.3 Å². The van der Waals surface area contributed by atoms with Crippen LogP contribution in [-0.4, -0.2) is 17.0 Å². The van der Waals surface area contributed by atoms with Crippen molar-refractivity contribution in [2.45, 2.75) is 19.6 Å². The molecule has 1 amide bonds. The summed E-state index contributed by atoms with van der Waals surface area (Å²) in [6.45, 7) is 2.17. The van der Waals surface area contributed by atoms with E-state index in [4.69, 9.17) is 20.8 Å². The van der Waals surface area contributed by atoms with Gasteiger partial charge in [0.15, 0.2) is 11.8 Å². The minimum absolute atomic E-state index is 0.0716. The van der Waals surface area contributed by atoms with E-state index in [0.717, 1.165) is 22.1 Å². The summed E-state index contributed by atoms with van der Waals surface area (Å²) in [5.74, 6) is -1.13. The molecule has 190 valence electrons. The lowest BCUT2D eigenvalue weighted by atomic mass is 10.0. The van der Waals surface area contributed by atoms with E-state index in [2.05, 4.69) is 5.32 Å². The zero-order valence-corrected chi connectivity index (χ0v) is 21.2. The Balaban J connectivity index is 1.33. The molecule has 0 saturated carbocycles. The highest BCUT2D eigenvalue weighted by Gasteiger charge is 2.26. The van der Waals surface area contributed by atoms with Crippen LogP contribution in [0.1, 0.15) is 33.3 Å². The molecule has 5 rings (SSSR count). The number of rotatable bonds is 8. The number of benzene rings is 4. The van der Waals surface area contributed by atoms with Gasteiger partial charge in [0.1, 0.15) is 17.9 Å². The molecule has 6 nitrogen and oxygen atoms in total. The van der Waals surface area contributed by atoms with Crippen LogP contribution < -0.4 is 10.1 Å². The molecule has 1 aromatic heterocycles. The number of ether oxygens (including phenoxy) is 1. The quantitative estimate of drug-likeness (QED) is 0.224. The Kier molecular flexibility index (Phi) is 7.15. The number of halogens is 1. The van der Waals surface area contributed by atoms with Crippen LogP contribution in [0.15, 0.2) is 101 Å². The van der Waals surface area contributed by atoms with Gasteiger partial charge in [0.2, 0.25) is 0 Å². The number of aryl methyl sites for hydroxylation is 1. The number of carboxylic acid groups (broad SMARTS) is 1. The molecule has 0 aliphatic heterocycles. The van der Waals surface area contributed by atoms with Crippen LogP contribution in [0, 0.1) is 6.92 Å². The third-order valence-corrected chi connectivity index (χ3v) is 6.56. The normalized spacial score (nSPS) is 11.7. The van der Waals surface area contributed by atoms with Crippen molar-refractivity contribution < 1.29 is 23.8 Å². The smallest absolute Gasteiger partial charge is 0.330 e. The molecule has 0 fully saturated rings. The fourth-order valence-electron chi connectivity index (χ4n) is 4.25. The van der Waals surface area contributed by atoms with Crippen molar-refractivity contribution in [3.8, 4) is 16.9 Å². The van der Waals surface area contributed by atoms with Crippen molar-refractivity contribution in [3.05, 3.63) is 125 Å². The molecule has 0 bridgehead atoms. The summed E-state index contributed by atoms with van der Waals surface area (Å²) in [4.78, 5) is 25.2. The third-order valence-electron chi connectivity index (χ3n) is 6.31. The molecule has 0 aliphatic carbocycles. The van der Waals surface area contributed by atoms with Gasteiger partial charge in [-0.05, 0) is 59.5 Å². The highest BCUT2D eigenvalue weighted by Crippen LogP contribution is 2.31. The first-order valence-corrected chi connectivity index (χ1v) is 12.4. The lowest BCUT2D eigenvalue weighted by Crippen LogP contribution is -2.33. The Morgan fingerprint density at radius 2 is 1.61 bits per heavy atom. The van der Waals surface area contributed by atoms with Crippen molar-refractivity contribution in [1.82, 2.24) is 5.32 Å². The maximum absolute atomic E-state index is 13.1. The van der Waals surface area contributed by atoms with Crippen LogP contribution in [0.25, 0.3) is 22.1 Å². The Bertz CT molecular complexity index is 1590. The van der Waals surface area contributed by atoms with Crippen molar-refractivity contribution in [3.63, 3.8) is 0 Å². The second kappa shape index (κ2) is 10.8. The van der Waals surface area contributed by atoms with E-state index >= 15 is 0 Å². The maximum Gasteiger partial charge on any atom is 0.330 e. The van der Waals surface area contributed by atoms with Gasteiger partial charge < -0.3 is 19.6 Å². The summed E-state index contributed by atoms with van der Waals surface area (Å²) in [7, 11) is 0. The number of carboxylic acids is 1. The van der Waals surface area contributed by atoms with Gasteiger partial charge >= 0.3 is 5.97 Å². The lowest BCUT2D eigenvalue weighted by molar-refractivity contribution is -0.139. The Hall–Kier alpha value is -4.55. The van der Waals surface area contributed by atoms with Crippen LogP contribution in [-0.2, 0) is 11.4 Å². The van der Waals surface area contributed by atoms with Crippen molar-refractivity contribution in [1.29, 1.82) is 0 Å². The van der Waals surface area contributed by atoms with Gasteiger partial charge in [-0.25, -0.2) is 4.79 Å². The van der Waals surface area contributed by atoms with Crippen LogP contribution in [0.3, 0.4) is 0 Å². The molecule has 7 heteroatoms. The molecular weight excluding hydrogens is 502 g/mol. The van der Waals surface area contributed by atoms with Gasteiger partial charge in [-0.2, -0.15) is 0 Å². The van der Waals surface area contributed by atoms with Gasteiger partial charge in [-0.1, -0.05) is 78.3 Å². The number of aliphatic carboxylic acids is 1. The number of carbonyl (C=O) groups is 2. The first kappa shape index (κ1) is 25.1. The highest BCUT2D eigenvalue weighted by atomic mass is 35.5. The largest absolute Gasteiger partial charge is 0.489 e. The summed E-state index contributed by atoms with van der Waals surface area (Å²) in [5, 5.41) is 13.9. The Morgan fingerprint density at radius 3 is 2.29 bits per heavy atom. The van der Waals surface area contributed by atoms with Gasteiger partial charge in [0, 0.05) is 16.0 Å². The monoisotopic (exact) mass is 525 g/mol. The maximum atomic E-state index is 13.1. The van der Waals surface area contributed by atoms with Crippen LogP contribution in [0.5, 0.6) is 5.75 Å². The number of hydrogen-bond acceptors (Lipinski definition) is 4. The predicted molar refractivity (Wildman–Crippen MR) is 146 cm³/mol. The summed E-state index contributed by atoms with van der Waals surface area (Å²) >= 11 is 6.00. The highest BCUT2D eigenvalue weighted by molar-refractivity contribution is 6.30. The van der Waals surface area contributed by atoms with Gasteiger partial charge in [-0.3, -0.25) is 4.79 Å². The standard InChI is InChI=1S/C31H24ClNO5/c1-19-26-16-11-23(21-7-12-24(32)13-8-21)17-27(26)38-29(19)30(34)33-28(31(35)36)22-9-14-25(15-10-22)37-18-20-5-3-2-4-6-20/h2-17,28H,18H2,1H3,(H,33,34)(H,35,36)/t28-/m0/s1. The van der Waals surface area contributed by atoms with E-state index < -0.39 is 17.9 Å². The zero-order chi connectivity index (χ0) is 26.6. The first-order chi connectivity index (χ1) is 18.4. The first-order valence-electron chi connectivity index (χ1n) is 12.0. The number of nitrogens with one attached hydrogen (secondary N) is 1. The average Bonchev–Trinajstić information content (AvgIpc) is 3.27. The molecule has 1 atom stereocenters. The fourth-order valence-corrected chi connectivity index (χ4v) is 4.37. The minimum Gasteiger partial charge on any atom is -0.489 e. The van der Waals surface area contributed by atoms with Crippen LogP contribution >= 0.6 is 11.6 Å². The molecule has 5 aromatic rings. The van der Waals surface area contributed by atoms with E-state index in [1.807, 2.05) is 60.7 Å². The summed E-state index contributed by atoms with van der Waals surface area (Å²) in [6, 6.07) is 28.2. The predicted octanol–water partition coefficient (Wildman–Crippen LogP) is 7.20. The van der Waals surface area contributed by atoms with Crippen molar-refractivity contribution in [2.75, 3.05) is 0 Å². The third kappa shape index (κ3) is 5.41. The second-order valence-electron chi connectivity index (χ2n) is 8.86. The van der Waals surface area contributed by atoms with E-state index in [0.29, 0.717) is 34.1 Å². The van der Waals surface area contributed by atoms with Gasteiger partial charge in [0.05, 0.1) is 0 Å². The second-order valence-corrected chi connectivity index (χ2v) is 9.30. The molecule has 0 spiro atoms. The molecule has 0 unspecified atom stereocenters. The van der Waals surface area contributed by atoms with E-state index in [1.165, 1.54) is 0 Å². The molecule has 4 aromatic carbocycles. The van der Waals surface area contributed by atoms with E-state index in [-0.39, 0.29) is 5.76 Å².